The number of benzene rings is 1. The average Bonchev–Trinajstić information content (AvgIpc) is 2.61. The molecule has 1 aliphatic heterocycles. The minimum atomic E-state index is -3.74. The number of carbonyl (C=O) groups is 1. The summed E-state index contributed by atoms with van der Waals surface area (Å²) in [4.78, 5) is 13.2. The third kappa shape index (κ3) is 5.03. The molecule has 1 saturated heterocycles. The topological polar surface area (TPSA) is 94.7 Å². The van der Waals surface area contributed by atoms with Crippen molar-refractivity contribution in [3.8, 4) is 6.07 Å². The summed E-state index contributed by atoms with van der Waals surface area (Å²) >= 11 is 0. The lowest BCUT2D eigenvalue weighted by molar-refractivity contribution is -0.895. The van der Waals surface area contributed by atoms with Crippen LogP contribution in [0.2, 0.25) is 0 Å². The third-order valence-corrected chi connectivity index (χ3v) is 6.95. The molecule has 1 amide bonds. The molecule has 148 valence electrons. The van der Waals surface area contributed by atoms with Crippen LogP contribution < -0.4 is 10.2 Å². The molecule has 1 fully saturated rings. The maximum absolute atomic E-state index is 13.3. The van der Waals surface area contributed by atoms with Gasteiger partial charge in [0.05, 0.1) is 37.1 Å². The van der Waals surface area contributed by atoms with Gasteiger partial charge in [-0.15, -0.1) is 0 Å². The van der Waals surface area contributed by atoms with Gasteiger partial charge in [0.2, 0.25) is 10.0 Å². The van der Waals surface area contributed by atoms with Crippen LogP contribution in [-0.4, -0.2) is 56.9 Å². The average molecular weight is 397 g/mol. The number of amides is 1. The Kier molecular flexibility index (Phi) is 6.57. The molecular weight excluding hydrogens is 371 g/mol. The molecule has 1 aromatic rings. The van der Waals surface area contributed by atoms with E-state index in [4.69, 9.17) is 0 Å². The van der Waals surface area contributed by atoms with Crippen molar-refractivity contribution >= 4 is 15.9 Å². The summed E-state index contributed by atoms with van der Waals surface area (Å²) in [5.74, 6) is -0.860. The Labute approximate surface area is 159 Å². The van der Waals surface area contributed by atoms with Crippen LogP contribution in [0.25, 0.3) is 0 Å². The second-order valence-corrected chi connectivity index (χ2v) is 9.24. The van der Waals surface area contributed by atoms with Crippen molar-refractivity contribution in [3.63, 3.8) is 0 Å². The van der Waals surface area contributed by atoms with E-state index < -0.39 is 21.4 Å². The highest BCUT2D eigenvalue weighted by atomic mass is 32.2. The number of hydrogen-bond donors (Lipinski definition) is 2. The SMILES string of the molecule is CC(C)[C@@](C)(C#N)NC(=O)C[NH+]1CCN(S(=O)(=O)c2cccc(F)c2)CC1. The molecule has 2 rings (SSSR count). The van der Waals surface area contributed by atoms with Crippen LogP contribution in [0.1, 0.15) is 20.8 Å². The molecule has 0 radical (unpaired) electrons. The van der Waals surface area contributed by atoms with E-state index in [0.717, 1.165) is 11.0 Å². The van der Waals surface area contributed by atoms with E-state index in [1.54, 1.807) is 6.92 Å². The van der Waals surface area contributed by atoms with Gasteiger partial charge in [0.1, 0.15) is 11.4 Å². The molecule has 0 unspecified atom stereocenters. The molecule has 0 aliphatic carbocycles. The first kappa shape index (κ1) is 21.3. The monoisotopic (exact) mass is 397 g/mol. The lowest BCUT2D eigenvalue weighted by Gasteiger charge is -2.32. The van der Waals surface area contributed by atoms with Crippen molar-refractivity contribution in [1.82, 2.24) is 9.62 Å². The van der Waals surface area contributed by atoms with E-state index in [1.165, 1.54) is 22.5 Å². The van der Waals surface area contributed by atoms with Crippen molar-refractivity contribution in [2.75, 3.05) is 32.7 Å². The highest BCUT2D eigenvalue weighted by Crippen LogP contribution is 2.17. The number of hydrogen-bond acceptors (Lipinski definition) is 4. The van der Waals surface area contributed by atoms with Gasteiger partial charge >= 0.3 is 0 Å². The number of nitrogens with one attached hydrogen (secondary N) is 2. The van der Waals surface area contributed by atoms with E-state index in [0.29, 0.717) is 13.1 Å². The van der Waals surface area contributed by atoms with Gasteiger partial charge in [-0.2, -0.15) is 9.57 Å². The van der Waals surface area contributed by atoms with Gasteiger partial charge in [-0.05, 0) is 31.0 Å². The number of halogens is 1. The maximum Gasteiger partial charge on any atom is 0.276 e. The largest absolute Gasteiger partial charge is 0.333 e. The zero-order valence-corrected chi connectivity index (χ0v) is 16.6. The highest BCUT2D eigenvalue weighted by molar-refractivity contribution is 7.89. The van der Waals surface area contributed by atoms with Gasteiger partial charge in [0, 0.05) is 0 Å². The van der Waals surface area contributed by atoms with Crippen LogP contribution in [0.4, 0.5) is 4.39 Å². The molecule has 1 aromatic carbocycles. The molecule has 2 N–H and O–H groups in total. The number of quaternary nitrogens is 1. The first-order valence-electron chi connectivity index (χ1n) is 8.90. The summed E-state index contributed by atoms with van der Waals surface area (Å²) in [7, 11) is -3.74. The fraction of sp³-hybridized carbons (Fsp3) is 0.556. The summed E-state index contributed by atoms with van der Waals surface area (Å²) in [6, 6.07) is 7.09. The Morgan fingerprint density at radius 1 is 1.41 bits per heavy atom. The molecule has 0 spiro atoms. The Bertz CT molecular complexity index is 829. The fourth-order valence-corrected chi connectivity index (χ4v) is 4.33. The van der Waals surface area contributed by atoms with Crippen molar-refractivity contribution in [2.24, 2.45) is 5.92 Å². The van der Waals surface area contributed by atoms with Gasteiger partial charge in [0.15, 0.2) is 6.54 Å². The second-order valence-electron chi connectivity index (χ2n) is 7.31. The van der Waals surface area contributed by atoms with Crippen molar-refractivity contribution < 1.29 is 22.5 Å². The Morgan fingerprint density at radius 3 is 2.56 bits per heavy atom. The van der Waals surface area contributed by atoms with Crippen LogP contribution in [0.15, 0.2) is 29.2 Å². The quantitative estimate of drug-likeness (QED) is 0.693. The molecule has 1 aliphatic rings. The summed E-state index contributed by atoms with van der Waals surface area (Å²) in [6.45, 7) is 7.03. The zero-order chi connectivity index (χ0) is 20.2. The van der Waals surface area contributed by atoms with Crippen LogP contribution in [0.3, 0.4) is 0 Å². The van der Waals surface area contributed by atoms with Gasteiger partial charge in [0.25, 0.3) is 5.91 Å². The first-order valence-corrected chi connectivity index (χ1v) is 10.3. The number of rotatable bonds is 6. The first-order chi connectivity index (χ1) is 12.6. The van der Waals surface area contributed by atoms with E-state index >= 15 is 0 Å². The number of carbonyl (C=O) groups excluding carboxylic acids is 1. The molecule has 9 heteroatoms. The Morgan fingerprint density at radius 2 is 2.04 bits per heavy atom. The van der Waals surface area contributed by atoms with Gasteiger partial charge in [-0.1, -0.05) is 19.9 Å². The summed E-state index contributed by atoms with van der Waals surface area (Å²) < 4.78 is 39.9. The van der Waals surface area contributed by atoms with E-state index in [2.05, 4.69) is 11.4 Å². The predicted octanol–water partition coefficient (Wildman–Crippen LogP) is -0.231. The van der Waals surface area contributed by atoms with Crippen LogP contribution in [0, 0.1) is 23.1 Å². The Hall–Kier alpha value is -2.02. The minimum Gasteiger partial charge on any atom is -0.333 e. The standard InChI is InChI=1S/C18H25FN4O3S/c1-14(2)18(3,13-20)21-17(24)12-22-7-9-23(10-8-22)27(25,26)16-6-4-5-15(19)11-16/h4-6,11,14H,7-10,12H2,1-3H3,(H,21,24)/p+1/t18-/m1/s1. The maximum atomic E-state index is 13.3. The summed E-state index contributed by atoms with van der Waals surface area (Å²) in [6.07, 6.45) is 0. The summed E-state index contributed by atoms with van der Waals surface area (Å²) in [5.41, 5.74) is -0.931. The molecule has 7 nitrogen and oxygen atoms in total. The van der Waals surface area contributed by atoms with E-state index in [9.17, 15) is 22.9 Å². The highest BCUT2D eigenvalue weighted by Gasteiger charge is 2.34. The smallest absolute Gasteiger partial charge is 0.276 e. The molecular formula is C18H26FN4O3S+. The number of nitrogens with zero attached hydrogens (tertiary/aromatic N) is 2. The van der Waals surface area contributed by atoms with Gasteiger partial charge < -0.3 is 10.2 Å². The van der Waals surface area contributed by atoms with Crippen molar-refractivity contribution in [2.45, 2.75) is 31.2 Å². The molecule has 0 aromatic heterocycles. The number of piperazine rings is 1. The minimum absolute atomic E-state index is 0.0327. The molecule has 1 atom stereocenters. The Balaban J connectivity index is 1.94. The zero-order valence-electron chi connectivity index (χ0n) is 15.8. The molecule has 1 heterocycles. The van der Waals surface area contributed by atoms with Gasteiger partial charge in [-0.25, -0.2) is 12.8 Å². The molecule has 0 bridgehead atoms. The van der Waals surface area contributed by atoms with E-state index in [1.807, 2.05) is 13.8 Å². The normalized spacial score (nSPS) is 18.7. The lowest BCUT2D eigenvalue weighted by atomic mass is 9.90. The fourth-order valence-electron chi connectivity index (χ4n) is 2.86. The lowest BCUT2D eigenvalue weighted by Crippen LogP contribution is -3.16. The van der Waals surface area contributed by atoms with Gasteiger partial charge in [-0.3, -0.25) is 4.79 Å². The summed E-state index contributed by atoms with van der Waals surface area (Å²) in [5, 5.41) is 12.1. The number of nitriles is 1. The van der Waals surface area contributed by atoms with E-state index in [-0.39, 0.29) is 36.4 Å². The molecule has 0 saturated carbocycles. The predicted molar refractivity (Wildman–Crippen MR) is 97.7 cm³/mol. The van der Waals surface area contributed by atoms with Crippen LogP contribution >= 0.6 is 0 Å². The molecule has 27 heavy (non-hydrogen) atoms. The van der Waals surface area contributed by atoms with Crippen LogP contribution in [-0.2, 0) is 14.8 Å². The van der Waals surface area contributed by atoms with Crippen molar-refractivity contribution in [1.29, 1.82) is 5.26 Å². The second kappa shape index (κ2) is 8.33. The van der Waals surface area contributed by atoms with Crippen molar-refractivity contribution in [3.05, 3.63) is 30.1 Å². The number of sulfonamides is 1. The third-order valence-electron chi connectivity index (χ3n) is 5.06. The van der Waals surface area contributed by atoms with Crippen LogP contribution in [0.5, 0.6) is 0 Å².